The SMILES string of the molecule is O=C(Nc1cccc(S(=O)(=O)O)c1)C(F)(F)C(F)(F)C(F)(F)C(F)(F)C(F)(F)C(F)(F)C(F)(F)F. The largest absolute Gasteiger partial charge is 0.460 e. The third kappa shape index (κ3) is 4.58. The molecule has 1 rings (SSSR count). The van der Waals surface area contributed by atoms with E-state index in [1.165, 1.54) is 0 Å². The van der Waals surface area contributed by atoms with Gasteiger partial charge in [0.15, 0.2) is 0 Å². The number of nitrogens with one attached hydrogen (secondary N) is 1. The van der Waals surface area contributed by atoms with E-state index in [4.69, 9.17) is 4.55 Å². The first-order chi connectivity index (χ1) is 15.1. The lowest BCUT2D eigenvalue weighted by molar-refractivity contribution is -0.449. The summed E-state index contributed by atoms with van der Waals surface area (Å²) >= 11 is 0. The fourth-order valence-electron chi connectivity index (χ4n) is 2.05. The van der Waals surface area contributed by atoms with Crippen molar-refractivity contribution in [2.75, 3.05) is 5.32 Å². The van der Waals surface area contributed by atoms with Crippen LogP contribution in [0.1, 0.15) is 0 Å². The first kappa shape index (κ1) is 30.6. The first-order valence-electron chi connectivity index (χ1n) is 7.83. The molecule has 0 aliphatic rings. The smallest absolute Gasteiger partial charge is 0.321 e. The van der Waals surface area contributed by atoms with Crippen molar-refractivity contribution >= 4 is 21.7 Å². The van der Waals surface area contributed by atoms with Gasteiger partial charge in [-0.25, -0.2) is 0 Å². The molecular formula is C14H6F15NO4S. The van der Waals surface area contributed by atoms with Crippen molar-refractivity contribution in [2.24, 2.45) is 0 Å². The second kappa shape index (κ2) is 8.30. The van der Waals surface area contributed by atoms with Crippen molar-refractivity contribution in [3.8, 4) is 0 Å². The Morgan fingerprint density at radius 3 is 1.49 bits per heavy atom. The average Bonchev–Trinajstić information content (AvgIpc) is 2.65. The molecule has 0 spiro atoms. The molecule has 202 valence electrons. The fourth-order valence-corrected chi connectivity index (χ4v) is 2.58. The highest BCUT2D eigenvalue weighted by Gasteiger charge is 2.94. The molecule has 0 aliphatic heterocycles. The summed E-state index contributed by atoms with van der Waals surface area (Å²) in [6.07, 6.45) is -7.76. The van der Waals surface area contributed by atoms with Gasteiger partial charge >= 0.3 is 47.6 Å². The fraction of sp³-hybridized carbons (Fsp3) is 0.500. The van der Waals surface area contributed by atoms with E-state index in [-0.39, 0.29) is 6.07 Å². The van der Waals surface area contributed by atoms with Crippen molar-refractivity contribution in [3.05, 3.63) is 24.3 Å². The Bertz CT molecular complexity index is 1080. The van der Waals surface area contributed by atoms with Crippen molar-refractivity contribution in [1.29, 1.82) is 0 Å². The zero-order valence-corrected chi connectivity index (χ0v) is 16.4. The predicted molar refractivity (Wildman–Crippen MR) is 80.6 cm³/mol. The Kier molecular flexibility index (Phi) is 7.26. The van der Waals surface area contributed by atoms with Gasteiger partial charge in [-0.3, -0.25) is 9.35 Å². The summed E-state index contributed by atoms with van der Waals surface area (Å²) in [6, 6.07) is 1.39. The molecule has 35 heavy (non-hydrogen) atoms. The molecule has 21 heteroatoms. The Morgan fingerprint density at radius 1 is 0.686 bits per heavy atom. The van der Waals surface area contributed by atoms with Crippen LogP contribution in [-0.2, 0) is 14.9 Å². The van der Waals surface area contributed by atoms with Crippen LogP contribution in [0.5, 0.6) is 0 Å². The Balaban J connectivity index is 3.52. The van der Waals surface area contributed by atoms with Gasteiger partial charge in [-0.2, -0.15) is 74.3 Å². The summed E-state index contributed by atoms with van der Waals surface area (Å²) in [7, 11) is -5.16. The van der Waals surface area contributed by atoms with E-state index >= 15 is 0 Å². The highest BCUT2D eigenvalue weighted by atomic mass is 32.2. The van der Waals surface area contributed by atoms with Crippen LogP contribution < -0.4 is 5.32 Å². The number of carbonyl (C=O) groups excluding carboxylic acids is 1. The van der Waals surface area contributed by atoms with E-state index < -0.39 is 68.3 Å². The number of halogens is 15. The molecule has 0 saturated heterocycles. The number of rotatable bonds is 8. The number of anilines is 1. The highest BCUT2D eigenvalue weighted by Crippen LogP contribution is 2.62. The minimum atomic E-state index is -8.56. The van der Waals surface area contributed by atoms with Gasteiger partial charge in [0.2, 0.25) is 0 Å². The molecule has 1 aromatic rings. The maximum atomic E-state index is 13.8. The highest BCUT2D eigenvalue weighted by molar-refractivity contribution is 7.85. The zero-order chi connectivity index (χ0) is 28.3. The van der Waals surface area contributed by atoms with E-state index in [1.54, 1.807) is 0 Å². The second-order valence-corrected chi connectivity index (χ2v) is 7.82. The number of amides is 1. The molecule has 0 unspecified atom stereocenters. The Labute approximate surface area is 182 Å². The molecule has 2 N–H and O–H groups in total. The molecular weight excluding hydrogens is 563 g/mol. The molecule has 1 aromatic carbocycles. The molecule has 0 saturated carbocycles. The van der Waals surface area contributed by atoms with Crippen LogP contribution in [0.25, 0.3) is 0 Å². The number of hydrogen-bond acceptors (Lipinski definition) is 3. The molecule has 0 fully saturated rings. The maximum absolute atomic E-state index is 13.8. The topological polar surface area (TPSA) is 83.5 Å². The van der Waals surface area contributed by atoms with Crippen molar-refractivity contribution in [3.63, 3.8) is 0 Å². The van der Waals surface area contributed by atoms with Crippen LogP contribution in [0.4, 0.5) is 71.5 Å². The van der Waals surface area contributed by atoms with Gasteiger partial charge in [-0.1, -0.05) is 6.07 Å². The van der Waals surface area contributed by atoms with E-state index in [2.05, 4.69) is 0 Å². The number of alkyl halides is 15. The number of hydrogen-bond donors (Lipinski definition) is 2. The van der Waals surface area contributed by atoms with E-state index in [1.807, 2.05) is 0 Å². The summed E-state index contributed by atoms with van der Waals surface area (Å²) in [5.41, 5.74) is -1.33. The van der Waals surface area contributed by atoms with Gasteiger partial charge in [-0.15, -0.1) is 0 Å². The summed E-state index contributed by atoms with van der Waals surface area (Å²) in [5.74, 6) is -52.7. The quantitative estimate of drug-likeness (QED) is 0.331. The summed E-state index contributed by atoms with van der Waals surface area (Å²) < 4.78 is 227. The van der Waals surface area contributed by atoms with Crippen LogP contribution in [0, 0.1) is 0 Å². The zero-order valence-electron chi connectivity index (χ0n) is 15.6. The van der Waals surface area contributed by atoms with Crippen molar-refractivity contribution in [2.45, 2.75) is 46.6 Å². The lowest BCUT2D eigenvalue weighted by Gasteiger charge is -2.41. The molecule has 0 aliphatic carbocycles. The van der Waals surface area contributed by atoms with Crippen LogP contribution >= 0.6 is 0 Å². The summed E-state index contributed by atoms with van der Waals surface area (Å²) in [5, 5.41) is 0.579. The monoisotopic (exact) mass is 569 g/mol. The van der Waals surface area contributed by atoms with Crippen molar-refractivity contribution < 1.29 is 83.6 Å². The van der Waals surface area contributed by atoms with Crippen LogP contribution in [0.2, 0.25) is 0 Å². The second-order valence-electron chi connectivity index (χ2n) is 6.40. The van der Waals surface area contributed by atoms with Crippen molar-refractivity contribution in [1.82, 2.24) is 0 Å². The average molecular weight is 569 g/mol. The van der Waals surface area contributed by atoms with Gasteiger partial charge in [-0.05, 0) is 18.2 Å². The molecule has 1 amide bonds. The van der Waals surface area contributed by atoms with Gasteiger partial charge in [0.25, 0.3) is 10.1 Å². The summed E-state index contributed by atoms with van der Waals surface area (Å²) in [4.78, 5) is 10.1. The van der Waals surface area contributed by atoms with Gasteiger partial charge in [0, 0.05) is 5.69 Å². The third-order valence-corrected chi connectivity index (χ3v) is 4.85. The minimum Gasteiger partial charge on any atom is -0.321 e. The molecule has 0 radical (unpaired) electrons. The first-order valence-corrected chi connectivity index (χ1v) is 9.27. The van der Waals surface area contributed by atoms with E-state index in [9.17, 15) is 79.1 Å². The predicted octanol–water partition coefficient (Wildman–Crippen LogP) is 5.25. The van der Waals surface area contributed by atoms with Gasteiger partial charge in [0.1, 0.15) is 0 Å². The number of benzene rings is 1. The van der Waals surface area contributed by atoms with Crippen LogP contribution in [0.3, 0.4) is 0 Å². The third-order valence-electron chi connectivity index (χ3n) is 4.00. The van der Waals surface area contributed by atoms with E-state index in [0.29, 0.717) is 23.5 Å². The molecule has 0 aromatic heterocycles. The number of carbonyl (C=O) groups is 1. The Hall–Kier alpha value is -2.45. The normalized spacial score (nSPS) is 15.2. The molecule has 0 bridgehead atoms. The van der Waals surface area contributed by atoms with E-state index in [0.717, 1.165) is 0 Å². The van der Waals surface area contributed by atoms with Crippen LogP contribution in [-0.4, -0.2) is 60.6 Å². The lowest BCUT2D eigenvalue weighted by Crippen LogP contribution is -2.73. The molecule has 0 heterocycles. The van der Waals surface area contributed by atoms with Gasteiger partial charge in [0.05, 0.1) is 4.90 Å². The summed E-state index contributed by atoms with van der Waals surface area (Å²) in [6.45, 7) is 0. The minimum absolute atomic E-state index is 0.0201. The molecule has 0 atom stereocenters. The maximum Gasteiger partial charge on any atom is 0.460 e. The molecule has 5 nitrogen and oxygen atoms in total. The Morgan fingerprint density at radius 2 is 1.09 bits per heavy atom. The van der Waals surface area contributed by atoms with Crippen LogP contribution in [0.15, 0.2) is 29.2 Å². The van der Waals surface area contributed by atoms with Gasteiger partial charge < -0.3 is 5.32 Å². The lowest BCUT2D eigenvalue weighted by atomic mass is 9.91. The standard InChI is InChI=1S/C14H6F15NO4S/c15-8(16,7(31)30-5-2-1-3-6(4-5)35(32,33)34)9(17,18)10(19,20)11(21,22)12(23,24)13(25,26)14(27,28)29/h1-4H,(H,30,31)(H,32,33,34).